The number of nitrogens with one attached hydrogen (secondary N) is 1. The Morgan fingerprint density at radius 2 is 2.05 bits per heavy atom. The van der Waals surface area contributed by atoms with E-state index in [-0.39, 0.29) is 23.2 Å². The highest BCUT2D eigenvalue weighted by Crippen LogP contribution is 2.33. The summed E-state index contributed by atoms with van der Waals surface area (Å²) in [5, 5.41) is 10.8. The first-order chi connectivity index (χ1) is 19.3. The molecular formula is C25H25ClF3N5O6S. The molecule has 16 heteroatoms. The highest BCUT2D eigenvalue weighted by Gasteiger charge is 2.48. The summed E-state index contributed by atoms with van der Waals surface area (Å²) >= 11 is 6.16. The average Bonchev–Trinajstić information content (AvgIpc) is 3.24. The summed E-state index contributed by atoms with van der Waals surface area (Å²) in [6.45, 7) is 0.758. The Morgan fingerprint density at radius 3 is 2.66 bits per heavy atom. The number of rotatable bonds is 8. The number of nitrogens with zero attached hydrogens (tertiary/aromatic N) is 3. The molecular weight excluding hydrogens is 591 g/mol. The molecule has 0 spiro atoms. The van der Waals surface area contributed by atoms with E-state index in [0.717, 1.165) is 11.1 Å². The number of hydrogen-bond donors (Lipinski definition) is 3. The number of benzene rings is 1. The van der Waals surface area contributed by atoms with Crippen molar-refractivity contribution >= 4 is 39.7 Å². The Labute approximate surface area is 238 Å². The number of aliphatic carboxylic acids is 1. The van der Waals surface area contributed by atoms with E-state index < -0.39 is 33.1 Å². The molecule has 1 aromatic heterocycles. The van der Waals surface area contributed by atoms with Crippen LogP contribution in [0.5, 0.6) is 5.88 Å². The van der Waals surface area contributed by atoms with E-state index in [1.54, 1.807) is 35.3 Å². The summed E-state index contributed by atoms with van der Waals surface area (Å²) < 4.78 is 67.2. The number of sulfonamides is 1. The number of hydrazone groups is 1. The lowest BCUT2D eigenvalue weighted by atomic mass is 10.1. The Balaban J connectivity index is 0.000000587. The van der Waals surface area contributed by atoms with Crippen LogP contribution in [-0.4, -0.2) is 65.2 Å². The lowest BCUT2D eigenvalue weighted by Gasteiger charge is -2.32. The van der Waals surface area contributed by atoms with Gasteiger partial charge in [0.25, 0.3) is 10.0 Å². The van der Waals surface area contributed by atoms with Crippen molar-refractivity contribution in [2.24, 2.45) is 10.9 Å². The molecule has 11 nitrogen and oxygen atoms in total. The first-order valence-corrected chi connectivity index (χ1v) is 13.7. The lowest BCUT2D eigenvalue weighted by molar-refractivity contribution is -0.192. The van der Waals surface area contributed by atoms with Gasteiger partial charge in [-0.3, -0.25) is 4.79 Å². The molecule has 0 radical (unpaired) electrons. The van der Waals surface area contributed by atoms with Gasteiger partial charge in [0, 0.05) is 25.7 Å². The van der Waals surface area contributed by atoms with Gasteiger partial charge in [0.15, 0.2) is 0 Å². The molecule has 0 bridgehead atoms. The third-order valence-corrected chi connectivity index (χ3v) is 8.01. The molecule has 2 atom stereocenters. The molecule has 1 aromatic carbocycles. The van der Waals surface area contributed by atoms with E-state index in [0.29, 0.717) is 19.5 Å². The number of amides is 1. The molecule has 1 saturated heterocycles. The van der Waals surface area contributed by atoms with Crippen molar-refractivity contribution in [2.75, 3.05) is 6.54 Å². The van der Waals surface area contributed by atoms with Crippen LogP contribution in [-0.2, 0) is 26.2 Å². The number of carbonyl (C=O) groups is 2. The quantitative estimate of drug-likeness (QED) is 0.232. The van der Waals surface area contributed by atoms with Gasteiger partial charge in [0.05, 0.1) is 6.21 Å². The van der Waals surface area contributed by atoms with E-state index in [1.807, 2.05) is 24.3 Å². The van der Waals surface area contributed by atoms with Crippen molar-refractivity contribution in [1.82, 2.24) is 14.6 Å². The number of carboxylic acid groups (broad SMARTS) is 1. The van der Waals surface area contributed by atoms with Crippen molar-refractivity contribution in [3.63, 3.8) is 0 Å². The topological polar surface area (TPSA) is 164 Å². The molecule has 0 saturated carbocycles. The molecule has 1 fully saturated rings. The zero-order valence-electron chi connectivity index (χ0n) is 21.2. The van der Waals surface area contributed by atoms with Gasteiger partial charge in [-0.15, -0.1) is 0 Å². The van der Waals surface area contributed by atoms with E-state index >= 15 is 0 Å². The lowest BCUT2D eigenvalue weighted by Crippen LogP contribution is -2.54. The van der Waals surface area contributed by atoms with Crippen LogP contribution < -0.4 is 15.3 Å². The van der Waals surface area contributed by atoms with Crippen LogP contribution >= 0.6 is 11.6 Å². The van der Waals surface area contributed by atoms with Gasteiger partial charge in [0.2, 0.25) is 16.7 Å². The molecule has 1 aliphatic carbocycles. The van der Waals surface area contributed by atoms with Crippen molar-refractivity contribution in [3.8, 4) is 5.88 Å². The minimum absolute atomic E-state index is 0.00485. The molecule has 1 aliphatic heterocycles. The van der Waals surface area contributed by atoms with Crippen LogP contribution in [0.1, 0.15) is 24.0 Å². The number of carboxylic acids is 1. The summed E-state index contributed by atoms with van der Waals surface area (Å²) in [6.07, 6.45) is 4.69. The summed E-state index contributed by atoms with van der Waals surface area (Å²) in [6, 6.07) is 9.74. The van der Waals surface area contributed by atoms with Crippen LogP contribution in [0.15, 0.2) is 72.0 Å². The van der Waals surface area contributed by atoms with Gasteiger partial charge in [-0.1, -0.05) is 48.0 Å². The molecule has 1 amide bonds. The van der Waals surface area contributed by atoms with Gasteiger partial charge in [0.1, 0.15) is 11.1 Å². The highest BCUT2D eigenvalue weighted by atomic mass is 35.5. The van der Waals surface area contributed by atoms with Crippen molar-refractivity contribution in [2.45, 2.75) is 36.5 Å². The van der Waals surface area contributed by atoms with Crippen molar-refractivity contribution in [3.05, 3.63) is 83.0 Å². The highest BCUT2D eigenvalue weighted by molar-refractivity contribution is 7.91. The van der Waals surface area contributed by atoms with Gasteiger partial charge in [-0.2, -0.15) is 23.0 Å². The molecule has 41 heavy (non-hydrogen) atoms. The zero-order valence-corrected chi connectivity index (χ0v) is 22.7. The molecule has 4 rings (SSSR count). The fraction of sp³-hybridized carbons (Fsp3) is 0.280. The van der Waals surface area contributed by atoms with Crippen LogP contribution in [0.2, 0.25) is 5.02 Å². The molecule has 2 aromatic rings. The summed E-state index contributed by atoms with van der Waals surface area (Å²) in [4.78, 5) is 25.8. The number of aromatic nitrogens is 1. The monoisotopic (exact) mass is 615 g/mol. The third-order valence-electron chi connectivity index (χ3n) is 5.83. The minimum Gasteiger partial charge on any atom is -0.475 e. The molecule has 220 valence electrons. The number of allylic oxidation sites excluding steroid dienone is 2. The van der Waals surface area contributed by atoms with Crippen LogP contribution in [0, 0.1) is 0 Å². The maximum Gasteiger partial charge on any atom is 0.490 e. The second-order valence-corrected chi connectivity index (χ2v) is 11.1. The zero-order chi connectivity index (χ0) is 30.3. The SMILES string of the molecule is NN=Cc1cccc(CN2CC[C@H](NS(=O)(=O)C3(Oc4ncccc4Cl)C=CC=CC3)C2=O)c1.O=C(O)C(F)(F)F. The molecule has 1 unspecified atom stereocenters. The largest absolute Gasteiger partial charge is 0.490 e. The third kappa shape index (κ3) is 8.05. The van der Waals surface area contributed by atoms with E-state index in [9.17, 15) is 26.4 Å². The summed E-state index contributed by atoms with van der Waals surface area (Å²) in [5.41, 5.74) is 1.70. The predicted molar refractivity (Wildman–Crippen MR) is 143 cm³/mol. The number of pyridine rings is 1. The fourth-order valence-electron chi connectivity index (χ4n) is 3.89. The fourth-order valence-corrected chi connectivity index (χ4v) is 5.61. The van der Waals surface area contributed by atoms with Crippen molar-refractivity contribution in [1.29, 1.82) is 0 Å². The van der Waals surface area contributed by atoms with Crippen LogP contribution in [0.3, 0.4) is 0 Å². The van der Waals surface area contributed by atoms with Gasteiger partial charge < -0.3 is 20.6 Å². The van der Waals surface area contributed by atoms with E-state index in [1.165, 1.54) is 18.5 Å². The number of alkyl halides is 3. The standard InChI is InChI=1S/C23H24ClN5O4S.C2HF3O2/c24-19-8-5-12-26-21(19)33-23(10-2-1-3-11-23)34(31,32)28-20-9-13-29(22(20)30)16-18-7-4-6-17(14-18)15-27-25;3-2(4,5)1(6)7/h1-8,10,12,14-15,20,28H,9,11,13,16,25H2;(H,6,7)/t20-,23?;/m0./s1. The molecule has 4 N–H and O–H groups in total. The van der Waals surface area contributed by atoms with Crippen LogP contribution in [0.4, 0.5) is 13.2 Å². The number of halogens is 4. The number of ether oxygens (including phenoxy) is 1. The van der Waals surface area contributed by atoms with Gasteiger partial charge in [-0.05, 0) is 41.8 Å². The number of hydrogen-bond acceptors (Lipinski definition) is 8. The smallest absolute Gasteiger partial charge is 0.475 e. The summed E-state index contributed by atoms with van der Waals surface area (Å²) in [7, 11) is -4.17. The number of likely N-dealkylation sites (tertiary alicyclic amines) is 1. The summed E-state index contributed by atoms with van der Waals surface area (Å²) in [5.74, 6) is 2.15. The normalized spacial score (nSPS) is 20.6. The Hall–Kier alpha value is -3.95. The molecule has 2 heterocycles. The van der Waals surface area contributed by atoms with Gasteiger partial charge >= 0.3 is 12.1 Å². The number of carbonyl (C=O) groups excluding carboxylic acids is 1. The number of nitrogens with two attached hydrogens (primary N) is 1. The second-order valence-electron chi connectivity index (χ2n) is 8.74. The minimum atomic E-state index is -5.08. The average molecular weight is 616 g/mol. The predicted octanol–water partition coefficient (Wildman–Crippen LogP) is 2.97. The maximum atomic E-state index is 13.5. The van der Waals surface area contributed by atoms with Crippen molar-refractivity contribution < 1.29 is 41.0 Å². The first kappa shape index (κ1) is 31.6. The molecule has 2 aliphatic rings. The van der Waals surface area contributed by atoms with E-state index in [4.69, 9.17) is 32.1 Å². The van der Waals surface area contributed by atoms with Gasteiger partial charge in [-0.25, -0.2) is 18.2 Å². The Bertz CT molecular complexity index is 1470. The Kier molecular flexibility index (Phi) is 10.1. The maximum absolute atomic E-state index is 13.5. The van der Waals surface area contributed by atoms with Crippen LogP contribution in [0.25, 0.3) is 0 Å². The first-order valence-electron chi connectivity index (χ1n) is 11.8. The Morgan fingerprint density at radius 1 is 1.32 bits per heavy atom. The second kappa shape index (κ2) is 13.1. The van der Waals surface area contributed by atoms with E-state index in [2.05, 4.69) is 14.8 Å².